The predicted octanol–water partition coefficient (Wildman–Crippen LogP) is 1.88. The van der Waals surface area contributed by atoms with E-state index in [4.69, 9.17) is 4.74 Å². The maximum absolute atomic E-state index is 10.8. The van der Waals surface area contributed by atoms with Crippen LogP contribution in [-0.4, -0.2) is 19.2 Å². The van der Waals surface area contributed by atoms with E-state index in [2.05, 4.69) is 11.7 Å². The van der Waals surface area contributed by atoms with Crippen LogP contribution in [0.25, 0.3) is 0 Å². The third-order valence-electron chi connectivity index (χ3n) is 2.09. The zero-order valence-corrected chi connectivity index (χ0v) is 7.51. The van der Waals surface area contributed by atoms with Crippen LogP contribution in [0.15, 0.2) is 0 Å². The summed E-state index contributed by atoms with van der Waals surface area (Å²) in [5.74, 6) is 0. The number of hydrogen-bond acceptors (Lipinski definition) is 2. The predicted molar refractivity (Wildman–Crippen MR) is 46.7 cm³/mol. The van der Waals surface area contributed by atoms with Gasteiger partial charge in [0.25, 0.3) is 0 Å². The molecule has 1 saturated carbocycles. The molecule has 1 radical (unpaired) electrons. The number of amides is 1. The van der Waals surface area contributed by atoms with Gasteiger partial charge in [-0.1, -0.05) is 12.8 Å². The Balaban J connectivity index is 2.24. The molecule has 0 aliphatic heterocycles. The largest absolute Gasteiger partial charge is 0.446 e. The van der Waals surface area contributed by atoms with Crippen LogP contribution in [0.2, 0.25) is 0 Å². The van der Waals surface area contributed by atoms with Crippen molar-refractivity contribution in [3.05, 3.63) is 6.42 Å². The van der Waals surface area contributed by atoms with Gasteiger partial charge in [0.1, 0.15) is 6.10 Å². The van der Waals surface area contributed by atoms with Crippen LogP contribution < -0.4 is 5.32 Å². The zero-order valence-electron chi connectivity index (χ0n) is 7.51. The summed E-state index contributed by atoms with van der Waals surface area (Å²) in [4.78, 5) is 10.8. The molecule has 0 aromatic rings. The lowest BCUT2D eigenvalue weighted by atomic mass is 10.2. The summed E-state index contributed by atoms with van der Waals surface area (Å²) < 4.78 is 5.14. The fourth-order valence-corrected chi connectivity index (χ4v) is 1.40. The van der Waals surface area contributed by atoms with Crippen molar-refractivity contribution in [3.8, 4) is 0 Å². The van der Waals surface area contributed by atoms with Crippen LogP contribution in [0.3, 0.4) is 0 Å². The molecular weight excluding hydrogens is 154 g/mol. The second kappa shape index (κ2) is 5.01. The Morgan fingerprint density at radius 1 is 1.58 bits per heavy atom. The molecule has 0 bridgehead atoms. The van der Waals surface area contributed by atoms with Gasteiger partial charge in [-0.15, -0.1) is 0 Å². The number of hydrogen-bond donors (Lipinski definition) is 1. The van der Waals surface area contributed by atoms with Gasteiger partial charge in [-0.2, -0.15) is 0 Å². The third-order valence-corrected chi connectivity index (χ3v) is 2.09. The highest BCUT2D eigenvalue weighted by Crippen LogP contribution is 2.18. The van der Waals surface area contributed by atoms with Crippen molar-refractivity contribution in [2.24, 2.45) is 0 Å². The van der Waals surface area contributed by atoms with E-state index >= 15 is 0 Å². The minimum atomic E-state index is -0.310. The number of nitrogens with one attached hydrogen (secondary N) is 1. The van der Waals surface area contributed by atoms with Crippen molar-refractivity contribution in [1.82, 2.24) is 5.32 Å². The van der Waals surface area contributed by atoms with E-state index in [9.17, 15) is 4.79 Å². The van der Waals surface area contributed by atoms with Crippen LogP contribution in [0.4, 0.5) is 4.79 Å². The molecule has 1 atom stereocenters. The van der Waals surface area contributed by atoms with Crippen molar-refractivity contribution in [2.45, 2.75) is 38.2 Å². The molecule has 1 unspecified atom stereocenters. The molecule has 0 spiro atoms. The minimum absolute atomic E-state index is 0.104. The van der Waals surface area contributed by atoms with E-state index in [0.29, 0.717) is 0 Å². The van der Waals surface area contributed by atoms with Gasteiger partial charge >= 0.3 is 6.09 Å². The second-order valence-electron chi connectivity index (χ2n) is 3.09. The maximum Gasteiger partial charge on any atom is 0.407 e. The number of carbonyl (C=O) groups excluding carboxylic acids is 1. The van der Waals surface area contributed by atoms with Gasteiger partial charge in [0.2, 0.25) is 0 Å². The quantitative estimate of drug-likeness (QED) is 0.610. The van der Waals surface area contributed by atoms with Crippen LogP contribution in [0, 0.1) is 6.42 Å². The summed E-state index contributed by atoms with van der Waals surface area (Å²) in [7, 11) is 1.59. The molecule has 0 saturated heterocycles. The van der Waals surface area contributed by atoms with Gasteiger partial charge in [-0.3, -0.25) is 0 Å². The lowest BCUT2D eigenvalue weighted by Crippen LogP contribution is -2.25. The van der Waals surface area contributed by atoms with Gasteiger partial charge in [0.15, 0.2) is 0 Å². The van der Waals surface area contributed by atoms with Gasteiger partial charge in [0, 0.05) is 7.05 Å². The summed E-state index contributed by atoms with van der Waals surface area (Å²) in [5, 5.41) is 2.46. The van der Waals surface area contributed by atoms with Gasteiger partial charge < -0.3 is 10.1 Å². The first-order valence-electron chi connectivity index (χ1n) is 4.53. The molecule has 12 heavy (non-hydrogen) atoms. The van der Waals surface area contributed by atoms with Crippen molar-refractivity contribution in [3.63, 3.8) is 0 Å². The van der Waals surface area contributed by atoms with E-state index in [1.165, 1.54) is 6.42 Å². The topological polar surface area (TPSA) is 38.3 Å². The van der Waals surface area contributed by atoms with Crippen molar-refractivity contribution < 1.29 is 9.53 Å². The first-order valence-corrected chi connectivity index (χ1v) is 4.53. The normalized spacial score (nSPS) is 19.8. The summed E-state index contributed by atoms with van der Waals surface area (Å²) >= 11 is 0. The molecule has 3 nitrogen and oxygen atoms in total. The average Bonchev–Trinajstić information content (AvgIpc) is 2.33. The average molecular weight is 170 g/mol. The molecule has 1 aliphatic rings. The Morgan fingerprint density at radius 2 is 2.42 bits per heavy atom. The van der Waals surface area contributed by atoms with Crippen molar-refractivity contribution >= 4 is 6.09 Å². The Labute approximate surface area is 73.5 Å². The summed E-state index contributed by atoms with van der Waals surface area (Å²) in [5.41, 5.74) is 0. The third kappa shape index (κ3) is 3.11. The first kappa shape index (κ1) is 9.36. The standard InChI is InChI=1S/C9H16NO2/c1-10-9(11)12-8-6-4-2-3-5-7-8/h4,8H,2-3,5-7H2,1H3,(H,10,11). The lowest BCUT2D eigenvalue weighted by molar-refractivity contribution is 0.0948. The Kier molecular flexibility index (Phi) is 3.91. The van der Waals surface area contributed by atoms with E-state index in [0.717, 1.165) is 25.7 Å². The van der Waals surface area contributed by atoms with Gasteiger partial charge in [-0.25, -0.2) is 4.79 Å². The monoisotopic (exact) mass is 170 g/mol. The van der Waals surface area contributed by atoms with E-state index in [1.807, 2.05) is 0 Å². The summed E-state index contributed by atoms with van der Waals surface area (Å²) in [6, 6.07) is 0. The number of rotatable bonds is 1. The Hall–Kier alpha value is -0.730. The van der Waals surface area contributed by atoms with Crippen molar-refractivity contribution in [2.75, 3.05) is 7.05 Å². The van der Waals surface area contributed by atoms with E-state index in [1.54, 1.807) is 7.05 Å². The minimum Gasteiger partial charge on any atom is -0.446 e. The molecule has 0 aromatic carbocycles. The molecular formula is C9H16NO2. The molecule has 0 heterocycles. The molecule has 3 heteroatoms. The van der Waals surface area contributed by atoms with Crippen LogP contribution in [-0.2, 0) is 4.74 Å². The fourth-order valence-electron chi connectivity index (χ4n) is 1.40. The zero-order chi connectivity index (χ0) is 8.81. The molecule has 1 N–H and O–H groups in total. The Bertz CT molecular complexity index is 139. The highest BCUT2D eigenvalue weighted by molar-refractivity contribution is 5.66. The van der Waals surface area contributed by atoms with Gasteiger partial charge in [0.05, 0.1) is 0 Å². The van der Waals surface area contributed by atoms with E-state index in [-0.39, 0.29) is 12.2 Å². The summed E-state index contributed by atoms with van der Waals surface area (Å²) in [6.45, 7) is 0. The molecule has 1 fully saturated rings. The van der Waals surface area contributed by atoms with Crippen LogP contribution in [0.5, 0.6) is 0 Å². The Morgan fingerprint density at radius 3 is 3.17 bits per heavy atom. The summed E-state index contributed by atoms with van der Waals surface area (Å²) in [6.07, 6.45) is 7.47. The smallest absolute Gasteiger partial charge is 0.407 e. The van der Waals surface area contributed by atoms with Crippen LogP contribution >= 0.6 is 0 Å². The van der Waals surface area contributed by atoms with E-state index < -0.39 is 0 Å². The van der Waals surface area contributed by atoms with Gasteiger partial charge in [-0.05, 0) is 25.7 Å². The number of ether oxygens (including phenoxy) is 1. The SMILES string of the molecule is CNC(=O)OC1C[CH]CCCC1. The fraction of sp³-hybridized carbons (Fsp3) is 0.778. The molecule has 1 aliphatic carbocycles. The molecule has 69 valence electrons. The first-order chi connectivity index (χ1) is 5.83. The highest BCUT2D eigenvalue weighted by atomic mass is 16.6. The van der Waals surface area contributed by atoms with Crippen LogP contribution in [0.1, 0.15) is 32.1 Å². The molecule has 1 amide bonds. The molecule has 0 aromatic heterocycles. The second-order valence-corrected chi connectivity index (χ2v) is 3.09. The maximum atomic E-state index is 10.8. The molecule has 1 rings (SSSR count). The highest BCUT2D eigenvalue weighted by Gasteiger charge is 2.15. The number of alkyl carbamates (subject to hydrolysis) is 1. The number of carbonyl (C=O) groups is 1. The lowest BCUT2D eigenvalue weighted by Gasteiger charge is -2.14. The van der Waals surface area contributed by atoms with Crippen molar-refractivity contribution in [1.29, 1.82) is 0 Å².